The highest BCUT2D eigenvalue weighted by Crippen LogP contribution is 2.22. The minimum atomic E-state index is 0.0142. The van der Waals surface area contributed by atoms with Gasteiger partial charge in [-0.05, 0) is 49.1 Å². The number of nitrogens with two attached hydrogens (primary N) is 1. The third kappa shape index (κ3) is 3.54. The van der Waals surface area contributed by atoms with Crippen LogP contribution in [0.3, 0.4) is 0 Å². The number of rotatable bonds is 5. The summed E-state index contributed by atoms with van der Waals surface area (Å²) < 4.78 is 0. The molecule has 1 heterocycles. The summed E-state index contributed by atoms with van der Waals surface area (Å²) in [6.07, 6.45) is 1.62. The Morgan fingerprint density at radius 2 is 1.95 bits per heavy atom. The molecule has 2 aromatic rings. The fraction of sp³-hybridized carbons (Fsp3) is 0.333. The normalized spacial score (nSPS) is 12.4. The van der Waals surface area contributed by atoms with Crippen molar-refractivity contribution >= 4 is 11.6 Å². The van der Waals surface area contributed by atoms with E-state index in [2.05, 4.69) is 22.5 Å². The van der Waals surface area contributed by atoms with E-state index in [0.29, 0.717) is 0 Å². The molecule has 0 radical (unpaired) electrons. The molecule has 0 aliphatic rings. The Kier molecular flexibility index (Phi) is 5.06. The van der Waals surface area contributed by atoms with Crippen molar-refractivity contribution in [3.05, 3.63) is 57.9 Å². The van der Waals surface area contributed by atoms with Gasteiger partial charge in [0.2, 0.25) is 0 Å². The van der Waals surface area contributed by atoms with Crippen LogP contribution in [0.25, 0.3) is 0 Å². The highest BCUT2D eigenvalue weighted by atomic mass is 35.5. The van der Waals surface area contributed by atoms with Gasteiger partial charge in [0.05, 0.1) is 17.4 Å². The number of hydrogen-bond donors (Lipinski definition) is 2. The first-order chi connectivity index (χ1) is 9.63. The molecule has 0 saturated heterocycles. The molecule has 0 amide bonds. The summed E-state index contributed by atoms with van der Waals surface area (Å²) in [5.74, 6) is 5.73. The Hall–Kier alpha value is -1.49. The predicted octanol–water partition coefficient (Wildman–Crippen LogP) is 2.75. The monoisotopic (exact) mass is 290 g/mol. The maximum absolute atomic E-state index is 5.91. The van der Waals surface area contributed by atoms with Gasteiger partial charge in [0.1, 0.15) is 0 Å². The standard InChI is InChI=1S/C15H19ClN4/c1-3-14-13(8-10(2)19-20-14)15(18-17)9-11-4-6-12(16)7-5-11/h4-8,15,18H,3,9,17H2,1-2H3. The summed E-state index contributed by atoms with van der Waals surface area (Å²) in [6, 6.07) is 9.87. The van der Waals surface area contributed by atoms with Crippen molar-refractivity contribution in [3.8, 4) is 0 Å². The maximum atomic E-state index is 5.91. The summed E-state index contributed by atoms with van der Waals surface area (Å²) in [7, 11) is 0. The van der Waals surface area contributed by atoms with Crippen LogP contribution in [0.1, 0.15) is 35.5 Å². The highest BCUT2D eigenvalue weighted by molar-refractivity contribution is 6.30. The Balaban J connectivity index is 2.28. The van der Waals surface area contributed by atoms with Gasteiger partial charge in [0.15, 0.2) is 0 Å². The second-order valence-electron chi connectivity index (χ2n) is 4.79. The van der Waals surface area contributed by atoms with E-state index in [-0.39, 0.29) is 6.04 Å². The van der Waals surface area contributed by atoms with Gasteiger partial charge in [-0.1, -0.05) is 30.7 Å². The van der Waals surface area contributed by atoms with Crippen LogP contribution < -0.4 is 11.3 Å². The van der Waals surface area contributed by atoms with Crippen LogP contribution in [0.5, 0.6) is 0 Å². The quantitative estimate of drug-likeness (QED) is 0.656. The lowest BCUT2D eigenvalue weighted by Crippen LogP contribution is -2.30. The van der Waals surface area contributed by atoms with E-state index in [1.807, 2.05) is 37.3 Å². The molecule has 1 aromatic heterocycles. The number of nitrogens with one attached hydrogen (secondary N) is 1. The third-order valence-electron chi connectivity index (χ3n) is 3.29. The minimum Gasteiger partial charge on any atom is -0.271 e. The van der Waals surface area contributed by atoms with E-state index >= 15 is 0 Å². The number of aryl methyl sites for hydroxylation is 2. The van der Waals surface area contributed by atoms with Gasteiger partial charge in [-0.3, -0.25) is 11.3 Å². The van der Waals surface area contributed by atoms with Gasteiger partial charge in [-0.2, -0.15) is 10.2 Å². The second kappa shape index (κ2) is 6.79. The first-order valence-corrected chi connectivity index (χ1v) is 7.05. The van der Waals surface area contributed by atoms with E-state index in [1.54, 1.807) is 0 Å². The largest absolute Gasteiger partial charge is 0.271 e. The van der Waals surface area contributed by atoms with Crippen LogP contribution in [-0.2, 0) is 12.8 Å². The Morgan fingerprint density at radius 3 is 2.55 bits per heavy atom. The van der Waals surface area contributed by atoms with E-state index < -0.39 is 0 Å². The SMILES string of the molecule is CCc1nnc(C)cc1C(Cc1ccc(Cl)cc1)NN. The topological polar surface area (TPSA) is 63.8 Å². The molecule has 106 valence electrons. The summed E-state index contributed by atoms with van der Waals surface area (Å²) in [5.41, 5.74) is 7.04. The fourth-order valence-electron chi connectivity index (χ4n) is 2.23. The number of hydrogen-bond acceptors (Lipinski definition) is 4. The van der Waals surface area contributed by atoms with Crippen LogP contribution in [-0.4, -0.2) is 10.2 Å². The predicted molar refractivity (Wildman–Crippen MR) is 81.4 cm³/mol. The lowest BCUT2D eigenvalue weighted by molar-refractivity contribution is 0.541. The molecule has 2 rings (SSSR count). The molecule has 0 spiro atoms. The number of hydrazine groups is 1. The van der Waals surface area contributed by atoms with Gasteiger partial charge in [-0.15, -0.1) is 0 Å². The summed E-state index contributed by atoms with van der Waals surface area (Å²) in [4.78, 5) is 0. The van der Waals surface area contributed by atoms with E-state index in [1.165, 1.54) is 5.56 Å². The van der Waals surface area contributed by atoms with Gasteiger partial charge in [0, 0.05) is 5.02 Å². The lowest BCUT2D eigenvalue weighted by atomic mass is 9.97. The zero-order chi connectivity index (χ0) is 14.5. The van der Waals surface area contributed by atoms with Gasteiger partial charge in [0.25, 0.3) is 0 Å². The van der Waals surface area contributed by atoms with E-state index in [9.17, 15) is 0 Å². The Bertz CT molecular complexity index is 569. The van der Waals surface area contributed by atoms with Crippen LogP contribution in [0, 0.1) is 6.92 Å². The van der Waals surface area contributed by atoms with Gasteiger partial charge in [-0.25, -0.2) is 0 Å². The average molecular weight is 291 g/mol. The number of halogens is 1. The molecule has 1 aromatic carbocycles. The first kappa shape index (κ1) is 14.9. The molecule has 0 aliphatic heterocycles. The molecule has 4 nitrogen and oxygen atoms in total. The second-order valence-corrected chi connectivity index (χ2v) is 5.23. The molecule has 20 heavy (non-hydrogen) atoms. The summed E-state index contributed by atoms with van der Waals surface area (Å²) >= 11 is 5.91. The molecule has 1 atom stereocenters. The van der Waals surface area contributed by atoms with Crippen molar-refractivity contribution in [1.29, 1.82) is 0 Å². The number of benzene rings is 1. The molecular weight excluding hydrogens is 272 g/mol. The lowest BCUT2D eigenvalue weighted by Gasteiger charge is -2.19. The van der Waals surface area contributed by atoms with Crippen molar-refractivity contribution in [2.24, 2.45) is 5.84 Å². The number of aromatic nitrogens is 2. The maximum Gasteiger partial charge on any atom is 0.0676 e. The van der Waals surface area contributed by atoms with E-state index in [4.69, 9.17) is 17.4 Å². The van der Waals surface area contributed by atoms with Gasteiger partial charge < -0.3 is 0 Å². The molecule has 3 N–H and O–H groups in total. The molecule has 0 aliphatic carbocycles. The van der Waals surface area contributed by atoms with Crippen LogP contribution in [0.15, 0.2) is 30.3 Å². The average Bonchev–Trinajstić information content (AvgIpc) is 2.46. The number of nitrogens with zero attached hydrogens (tertiary/aromatic N) is 2. The smallest absolute Gasteiger partial charge is 0.0676 e. The Labute approximate surface area is 124 Å². The van der Waals surface area contributed by atoms with E-state index in [0.717, 1.165) is 34.8 Å². The van der Waals surface area contributed by atoms with Crippen LogP contribution >= 0.6 is 11.6 Å². The molecular formula is C15H19ClN4. The molecule has 5 heteroatoms. The van der Waals surface area contributed by atoms with Crippen molar-refractivity contribution < 1.29 is 0 Å². The van der Waals surface area contributed by atoms with Crippen LogP contribution in [0.2, 0.25) is 5.02 Å². The molecule has 0 fully saturated rings. The first-order valence-electron chi connectivity index (χ1n) is 6.67. The summed E-state index contributed by atoms with van der Waals surface area (Å²) in [5, 5.41) is 9.10. The minimum absolute atomic E-state index is 0.0142. The van der Waals surface area contributed by atoms with Gasteiger partial charge >= 0.3 is 0 Å². The zero-order valence-electron chi connectivity index (χ0n) is 11.7. The van der Waals surface area contributed by atoms with Crippen molar-refractivity contribution in [2.45, 2.75) is 32.7 Å². The van der Waals surface area contributed by atoms with Crippen LogP contribution in [0.4, 0.5) is 0 Å². The molecule has 1 unspecified atom stereocenters. The van der Waals surface area contributed by atoms with Crippen molar-refractivity contribution in [3.63, 3.8) is 0 Å². The highest BCUT2D eigenvalue weighted by Gasteiger charge is 2.16. The molecule has 0 bridgehead atoms. The molecule has 0 saturated carbocycles. The third-order valence-corrected chi connectivity index (χ3v) is 3.54. The zero-order valence-corrected chi connectivity index (χ0v) is 12.5. The Morgan fingerprint density at radius 1 is 1.25 bits per heavy atom. The fourth-order valence-corrected chi connectivity index (χ4v) is 2.35. The van der Waals surface area contributed by atoms with Crippen molar-refractivity contribution in [2.75, 3.05) is 0 Å². The summed E-state index contributed by atoms with van der Waals surface area (Å²) in [6.45, 7) is 4.00. The van der Waals surface area contributed by atoms with Crippen molar-refractivity contribution in [1.82, 2.24) is 15.6 Å².